The molecule has 0 aliphatic heterocycles. The molecule has 6 nitrogen and oxygen atoms in total. The second-order valence-corrected chi connectivity index (χ2v) is 8.75. The summed E-state index contributed by atoms with van der Waals surface area (Å²) < 4.78 is 9.66. The number of aryl methyl sites for hydroxylation is 1. The van der Waals surface area contributed by atoms with Crippen molar-refractivity contribution in [1.29, 1.82) is 0 Å². The standard InChI is InChI=1S/C23H28N4O2S/c1-16-13-20(17(2)27(16)19-9-10-19)21(28)15-30-23-25-24-22(26(23)11-12-29-3)14-18-7-5-4-6-8-18/h4-8,13,19H,9-12,14-15H2,1-3H3. The normalized spacial score (nSPS) is 13.7. The minimum atomic E-state index is 0.144. The highest BCUT2D eigenvalue weighted by atomic mass is 32.2. The predicted molar refractivity (Wildman–Crippen MR) is 118 cm³/mol. The maximum atomic E-state index is 13.0. The Morgan fingerprint density at radius 1 is 1.20 bits per heavy atom. The van der Waals surface area contributed by atoms with Crippen LogP contribution in [0.1, 0.15) is 52.0 Å². The van der Waals surface area contributed by atoms with Gasteiger partial charge >= 0.3 is 0 Å². The minimum absolute atomic E-state index is 0.144. The van der Waals surface area contributed by atoms with Crippen LogP contribution >= 0.6 is 11.8 Å². The molecule has 0 radical (unpaired) electrons. The number of thioether (sulfide) groups is 1. The Kier molecular flexibility index (Phi) is 6.39. The number of Topliss-reactive ketones (excluding diaryl/α,β-unsaturated/α-hetero) is 1. The second-order valence-electron chi connectivity index (χ2n) is 7.80. The average Bonchev–Trinajstić information content (AvgIpc) is 3.44. The van der Waals surface area contributed by atoms with Gasteiger partial charge in [0.2, 0.25) is 0 Å². The Labute approximate surface area is 181 Å². The van der Waals surface area contributed by atoms with Crippen LogP contribution in [0.15, 0.2) is 41.6 Å². The van der Waals surface area contributed by atoms with Crippen LogP contribution in [0, 0.1) is 13.8 Å². The van der Waals surface area contributed by atoms with Crippen LogP contribution in [0.5, 0.6) is 0 Å². The molecule has 1 fully saturated rings. The molecule has 0 unspecified atom stereocenters. The smallest absolute Gasteiger partial charge is 0.191 e. The zero-order valence-electron chi connectivity index (χ0n) is 17.8. The summed E-state index contributed by atoms with van der Waals surface area (Å²) in [6, 6.07) is 12.8. The lowest BCUT2D eigenvalue weighted by Crippen LogP contribution is -2.11. The fraction of sp³-hybridized carbons (Fsp3) is 0.435. The van der Waals surface area contributed by atoms with E-state index in [2.05, 4.69) is 45.3 Å². The lowest BCUT2D eigenvalue weighted by atomic mass is 10.1. The third kappa shape index (κ3) is 4.52. The van der Waals surface area contributed by atoms with Gasteiger partial charge in [-0.25, -0.2) is 0 Å². The van der Waals surface area contributed by atoms with Crippen LogP contribution in [0.3, 0.4) is 0 Å². The Hall–Kier alpha value is -2.38. The van der Waals surface area contributed by atoms with E-state index in [1.165, 1.54) is 35.9 Å². The first kappa shape index (κ1) is 20.9. The highest BCUT2D eigenvalue weighted by Crippen LogP contribution is 2.38. The van der Waals surface area contributed by atoms with E-state index in [0.29, 0.717) is 31.4 Å². The van der Waals surface area contributed by atoms with Crippen molar-refractivity contribution in [1.82, 2.24) is 19.3 Å². The average molecular weight is 425 g/mol. The van der Waals surface area contributed by atoms with Gasteiger partial charge in [-0.15, -0.1) is 10.2 Å². The van der Waals surface area contributed by atoms with Gasteiger partial charge in [0, 0.05) is 43.1 Å². The summed E-state index contributed by atoms with van der Waals surface area (Å²) in [5.74, 6) is 1.39. The molecule has 0 atom stereocenters. The van der Waals surface area contributed by atoms with Crippen molar-refractivity contribution in [3.63, 3.8) is 0 Å². The van der Waals surface area contributed by atoms with Gasteiger partial charge < -0.3 is 13.9 Å². The van der Waals surface area contributed by atoms with E-state index in [-0.39, 0.29) is 5.78 Å². The number of carbonyl (C=O) groups is 1. The van der Waals surface area contributed by atoms with Crippen molar-refractivity contribution in [3.05, 3.63) is 64.7 Å². The molecule has 0 amide bonds. The lowest BCUT2D eigenvalue weighted by Gasteiger charge is -2.10. The number of hydrogen-bond acceptors (Lipinski definition) is 5. The van der Waals surface area contributed by atoms with Crippen LogP contribution in [-0.2, 0) is 17.7 Å². The molecule has 0 saturated heterocycles. The number of methoxy groups -OCH3 is 1. The summed E-state index contributed by atoms with van der Waals surface area (Å²) in [4.78, 5) is 13.0. The number of benzene rings is 1. The molecule has 2 aromatic heterocycles. The van der Waals surface area contributed by atoms with E-state index in [9.17, 15) is 4.79 Å². The van der Waals surface area contributed by atoms with E-state index >= 15 is 0 Å². The Morgan fingerprint density at radius 3 is 2.67 bits per heavy atom. The van der Waals surface area contributed by atoms with E-state index in [1.807, 2.05) is 24.3 Å². The first-order chi connectivity index (χ1) is 14.6. The molecule has 7 heteroatoms. The molecule has 0 spiro atoms. The van der Waals surface area contributed by atoms with Gasteiger partial charge in [0.15, 0.2) is 10.9 Å². The number of aromatic nitrogens is 4. The van der Waals surface area contributed by atoms with E-state index in [0.717, 1.165) is 22.2 Å². The topological polar surface area (TPSA) is 61.9 Å². The first-order valence-corrected chi connectivity index (χ1v) is 11.4. The van der Waals surface area contributed by atoms with Gasteiger partial charge in [-0.1, -0.05) is 42.1 Å². The summed E-state index contributed by atoms with van der Waals surface area (Å²) in [5, 5.41) is 9.55. The molecule has 158 valence electrons. The van der Waals surface area contributed by atoms with Gasteiger partial charge in [0.05, 0.1) is 12.4 Å². The molecule has 30 heavy (non-hydrogen) atoms. The third-order valence-electron chi connectivity index (χ3n) is 5.55. The quantitative estimate of drug-likeness (QED) is 0.360. The van der Waals surface area contributed by atoms with Gasteiger partial charge in [0.25, 0.3) is 0 Å². The van der Waals surface area contributed by atoms with E-state index < -0.39 is 0 Å². The minimum Gasteiger partial charge on any atom is -0.383 e. The van der Waals surface area contributed by atoms with Gasteiger partial charge in [0.1, 0.15) is 5.82 Å². The summed E-state index contributed by atoms with van der Waals surface area (Å²) in [7, 11) is 1.69. The van der Waals surface area contributed by atoms with Crippen LogP contribution in [0.2, 0.25) is 0 Å². The number of hydrogen-bond donors (Lipinski definition) is 0. The van der Waals surface area contributed by atoms with Gasteiger partial charge in [-0.05, 0) is 38.3 Å². The summed E-state index contributed by atoms with van der Waals surface area (Å²) in [6.45, 7) is 5.39. The van der Waals surface area contributed by atoms with Crippen molar-refractivity contribution in [2.24, 2.45) is 0 Å². The monoisotopic (exact) mass is 424 g/mol. The number of nitrogens with zero attached hydrogens (tertiary/aromatic N) is 4. The molecular formula is C23H28N4O2S. The maximum absolute atomic E-state index is 13.0. The molecular weight excluding hydrogens is 396 g/mol. The zero-order chi connectivity index (χ0) is 21.1. The number of rotatable bonds is 10. The van der Waals surface area contributed by atoms with Crippen molar-refractivity contribution in [2.75, 3.05) is 19.5 Å². The van der Waals surface area contributed by atoms with Crippen LogP contribution in [0.4, 0.5) is 0 Å². The first-order valence-electron chi connectivity index (χ1n) is 10.4. The number of carbonyl (C=O) groups excluding carboxylic acids is 1. The summed E-state index contributed by atoms with van der Waals surface area (Å²) >= 11 is 1.45. The summed E-state index contributed by atoms with van der Waals surface area (Å²) in [5.41, 5.74) is 4.28. The predicted octanol–water partition coefficient (Wildman–Crippen LogP) is 4.24. The Balaban J connectivity index is 1.48. The largest absolute Gasteiger partial charge is 0.383 e. The fourth-order valence-electron chi connectivity index (χ4n) is 3.90. The highest BCUT2D eigenvalue weighted by molar-refractivity contribution is 7.99. The molecule has 1 aliphatic carbocycles. The van der Waals surface area contributed by atoms with Crippen LogP contribution in [-0.4, -0.2) is 44.6 Å². The lowest BCUT2D eigenvalue weighted by molar-refractivity contribution is 0.102. The molecule has 2 heterocycles. The van der Waals surface area contributed by atoms with E-state index in [4.69, 9.17) is 4.74 Å². The highest BCUT2D eigenvalue weighted by Gasteiger charge is 2.28. The molecule has 1 aliphatic rings. The molecule has 1 aromatic carbocycles. The fourth-order valence-corrected chi connectivity index (χ4v) is 4.77. The van der Waals surface area contributed by atoms with Crippen molar-refractivity contribution in [3.8, 4) is 0 Å². The number of ether oxygens (including phenoxy) is 1. The van der Waals surface area contributed by atoms with Crippen LogP contribution in [0.25, 0.3) is 0 Å². The summed E-state index contributed by atoms with van der Waals surface area (Å²) in [6.07, 6.45) is 3.13. The third-order valence-corrected chi connectivity index (χ3v) is 6.51. The second kappa shape index (κ2) is 9.18. The van der Waals surface area contributed by atoms with E-state index in [1.54, 1.807) is 7.11 Å². The molecule has 0 bridgehead atoms. The Bertz CT molecular complexity index is 1020. The van der Waals surface area contributed by atoms with Crippen molar-refractivity contribution < 1.29 is 9.53 Å². The van der Waals surface area contributed by atoms with Crippen molar-refractivity contribution >= 4 is 17.5 Å². The van der Waals surface area contributed by atoms with Crippen LogP contribution < -0.4 is 0 Å². The molecule has 1 saturated carbocycles. The molecule has 3 aromatic rings. The Morgan fingerprint density at radius 2 is 1.97 bits per heavy atom. The number of ketones is 1. The molecule has 0 N–H and O–H groups in total. The van der Waals surface area contributed by atoms with Gasteiger partial charge in [-0.3, -0.25) is 4.79 Å². The molecule has 4 rings (SSSR count). The maximum Gasteiger partial charge on any atom is 0.191 e. The SMILES string of the molecule is COCCn1c(Cc2ccccc2)nnc1SCC(=O)c1cc(C)n(C2CC2)c1C. The zero-order valence-corrected chi connectivity index (χ0v) is 18.6. The van der Waals surface area contributed by atoms with Gasteiger partial charge in [-0.2, -0.15) is 0 Å². The van der Waals surface area contributed by atoms with Crippen molar-refractivity contribution in [2.45, 2.75) is 50.9 Å².